The van der Waals surface area contributed by atoms with E-state index in [0.717, 1.165) is 56.3 Å². The maximum absolute atomic E-state index is 11.8. The van der Waals surface area contributed by atoms with Gasteiger partial charge < -0.3 is 20.5 Å². The molecule has 8 heteroatoms. The van der Waals surface area contributed by atoms with Gasteiger partial charge in [-0.1, -0.05) is 25.9 Å². The molecule has 1 aromatic heterocycles. The molecular formula is C19H34N6O2. The number of amides is 1. The smallest absolute Gasteiger partial charge is 0.234 e. The van der Waals surface area contributed by atoms with E-state index in [0.29, 0.717) is 25.0 Å². The van der Waals surface area contributed by atoms with E-state index >= 15 is 0 Å². The van der Waals surface area contributed by atoms with Gasteiger partial charge in [0, 0.05) is 38.8 Å². The third-order valence-corrected chi connectivity index (χ3v) is 4.69. The third-order valence-electron chi connectivity index (χ3n) is 4.69. The molecule has 1 aromatic rings. The number of rotatable bonds is 8. The Labute approximate surface area is 162 Å². The highest BCUT2D eigenvalue weighted by Gasteiger charge is 2.21. The molecule has 1 amide bonds. The summed E-state index contributed by atoms with van der Waals surface area (Å²) in [6, 6.07) is 2.33. The molecule has 152 valence electrons. The maximum atomic E-state index is 11.8. The Bertz CT molecular complexity index is 605. The highest BCUT2D eigenvalue weighted by Crippen LogP contribution is 2.14. The largest absolute Gasteiger partial charge is 0.359 e. The molecule has 1 aliphatic heterocycles. The van der Waals surface area contributed by atoms with E-state index in [1.165, 1.54) is 0 Å². The average molecular weight is 379 g/mol. The van der Waals surface area contributed by atoms with Gasteiger partial charge in [-0.15, -0.1) is 0 Å². The maximum Gasteiger partial charge on any atom is 0.234 e. The van der Waals surface area contributed by atoms with Crippen LogP contribution in [0.2, 0.25) is 0 Å². The number of nitrogens with one attached hydrogen (secondary N) is 3. The van der Waals surface area contributed by atoms with E-state index in [1.54, 1.807) is 7.05 Å². The molecular weight excluding hydrogens is 344 g/mol. The summed E-state index contributed by atoms with van der Waals surface area (Å²) in [4.78, 5) is 18.3. The number of carbonyl (C=O) groups excluding carboxylic acids is 1. The SMILES string of the molecule is CCCNC(=O)CN1CCC(NC(=NC)NCc2cc(C(C)C)no2)CC1. The molecule has 1 fully saturated rings. The predicted molar refractivity (Wildman–Crippen MR) is 107 cm³/mol. The zero-order valence-electron chi connectivity index (χ0n) is 17.0. The van der Waals surface area contributed by atoms with Crippen molar-refractivity contribution in [2.75, 3.05) is 33.2 Å². The van der Waals surface area contributed by atoms with Crippen LogP contribution in [0.25, 0.3) is 0 Å². The van der Waals surface area contributed by atoms with Crippen LogP contribution in [0.5, 0.6) is 0 Å². The normalized spacial score (nSPS) is 16.6. The second-order valence-corrected chi connectivity index (χ2v) is 7.34. The fourth-order valence-electron chi connectivity index (χ4n) is 3.00. The van der Waals surface area contributed by atoms with Gasteiger partial charge in [-0.05, 0) is 25.2 Å². The number of piperidine rings is 1. The van der Waals surface area contributed by atoms with Crippen molar-refractivity contribution in [1.82, 2.24) is 26.0 Å². The van der Waals surface area contributed by atoms with Crippen LogP contribution in [-0.4, -0.2) is 61.2 Å². The molecule has 1 aliphatic rings. The lowest BCUT2D eigenvalue weighted by molar-refractivity contribution is -0.122. The Balaban J connectivity index is 1.70. The van der Waals surface area contributed by atoms with Crippen LogP contribution >= 0.6 is 0 Å². The standard InChI is InChI=1S/C19H34N6O2/c1-5-8-21-18(26)13-25-9-6-15(7-10-25)23-19(20-4)22-12-16-11-17(14(2)3)24-27-16/h11,14-15H,5-10,12-13H2,1-4H3,(H,21,26)(H2,20,22,23). The van der Waals surface area contributed by atoms with E-state index in [4.69, 9.17) is 4.52 Å². The Morgan fingerprint density at radius 3 is 2.70 bits per heavy atom. The highest BCUT2D eigenvalue weighted by atomic mass is 16.5. The minimum Gasteiger partial charge on any atom is -0.359 e. The summed E-state index contributed by atoms with van der Waals surface area (Å²) >= 11 is 0. The van der Waals surface area contributed by atoms with Crippen LogP contribution in [0.15, 0.2) is 15.6 Å². The topological polar surface area (TPSA) is 94.8 Å². The first-order valence-corrected chi connectivity index (χ1v) is 9.93. The molecule has 8 nitrogen and oxygen atoms in total. The van der Waals surface area contributed by atoms with Crippen molar-refractivity contribution in [3.8, 4) is 0 Å². The second-order valence-electron chi connectivity index (χ2n) is 7.34. The first kappa shape index (κ1) is 21.2. The van der Waals surface area contributed by atoms with Crippen molar-refractivity contribution >= 4 is 11.9 Å². The van der Waals surface area contributed by atoms with E-state index in [2.05, 4.69) is 51.8 Å². The van der Waals surface area contributed by atoms with E-state index < -0.39 is 0 Å². The lowest BCUT2D eigenvalue weighted by Crippen LogP contribution is -2.50. The predicted octanol–water partition coefficient (Wildman–Crippen LogP) is 1.45. The number of carbonyl (C=O) groups is 1. The summed E-state index contributed by atoms with van der Waals surface area (Å²) in [7, 11) is 1.77. The van der Waals surface area contributed by atoms with Crippen molar-refractivity contribution in [3.05, 3.63) is 17.5 Å². The van der Waals surface area contributed by atoms with Crippen molar-refractivity contribution < 1.29 is 9.32 Å². The Kier molecular flexibility index (Phi) is 8.57. The molecule has 0 aromatic carbocycles. The van der Waals surface area contributed by atoms with Crippen molar-refractivity contribution in [2.24, 2.45) is 4.99 Å². The average Bonchev–Trinajstić information content (AvgIpc) is 3.14. The molecule has 0 aliphatic carbocycles. The lowest BCUT2D eigenvalue weighted by atomic mass is 10.1. The van der Waals surface area contributed by atoms with Gasteiger partial charge in [0.1, 0.15) is 0 Å². The molecule has 0 spiro atoms. The number of aliphatic imine (C=N–C) groups is 1. The van der Waals surface area contributed by atoms with Crippen LogP contribution in [-0.2, 0) is 11.3 Å². The van der Waals surface area contributed by atoms with Crippen LogP contribution in [0.1, 0.15) is 57.4 Å². The monoisotopic (exact) mass is 378 g/mol. The summed E-state index contributed by atoms with van der Waals surface area (Å²) in [6.45, 7) is 9.86. The summed E-state index contributed by atoms with van der Waals surface area (Å²) in [5.74, 6) is 2.04. The van der Waals surface area contributed by atoms with Gasteiger partial charge in [0.25, 0.3) is 0 Å². The fourth-order valence-corrected chi connectivity index (χ4v) is 3.00. The molecule has 1 saturated heterocycles. The number of nitrogens with zero attached hydrogens (tertiary/aromatic N) is 3. The number of hydrogen-bond acceptors (Lipinski definition) is 5. The van der Waals surface area contributed by atoms with Gasteiger partial charge >= 0.3 is 0 Å². The van der Waals surface area contributed by atoms with Gasteiger partial charge in [0.15, 0.2) is 11.7 Å². The van der Waals surface area contributed by atoms with Crippen molar-refractivity contribution in [1.29, 1.82) is 0 Å². The molecule has 27 heavy (non-hydrogen) atoms. The van der Waals surface area contributed by atoms with Gasteiger partial charge in [0.05, 0.1) is 18.8 Å². The molecule has 0 bridgehead atoms. The van der Waals surface area contributed by atoms with Crippen LogP contribution in [0.4, 0.5) is 0 Å². The minimum absolute atomic E-state index is 0.119. The first-order chi connectivity index (χ1) is 13.0. The highest BCUT2D eigenvalue weighted by molar-refractivity contribution is 5.80. The number of hydrogen-bond donors (Lipinski definition) is 3. The van der Waals surface area contributed by atoms with Crippen LogP contribution in [0, 0.1) is 0 Å². The van der Waals surface area contributed by atoms with Crippen LogP contribution in [0.3, 0.4) is 0 Å². The van der Waals surface area contributed by atoms with E-state index in [1.807, 2.05) is 6.07 Å². The molecule has 2 heterocycles. The summed E-state index contributed by atoms with van der Waals surface area (Å²) in [5, 5.41) is 13.7. The molecule has 0 unspecified atom stereocenters. The molecule has 0 atom stereocenters. The Hall–Kier alpha value is -2.09. The minimum atomic E-state index is 0.119. The number of likely N-dealkylation sites (tertiary alicyclic amines) is 1. The molecule has 3 N–H and O–H groups in total. The quantitative estimate of drug-likeness (QED) is 0.468. The number of guanidine groups is 1. The lowest BCUT2D eigenvalue weighted by Gasteiger charge is -2.32. The van der Waals surface area contributed by atoms with E-state index in [9.17, 15) is 4.79 Å². The van der Waals surface area contributed by atoms with Gasteiger partial charge in [-0.25, -0.2) is 0 Å². The zero-order valence-corrected chi connectivity index (χ0v) is 17.0. The van der Waals surface area contributed by atoms with Gasteiger partial charge in [-0.3, -0.25) is 14.7 Å². The van der Waals surface area contributed by atoms with Crippen molar-refractivity contribution in [3.63, 3.8) is 0 Å². The van der Waals surface area contributed by atoms with E-state index in [-0.39, 0.29) is 5.91 Å². The summed E-state index contributed by atoms with van der Waals surface area (Å²) < 4.78 is 5.35. The number of aromatic nitrogens is 1. The van der Waals surface area contributed by atoms with Gasteiger partial charge in [0.2, 0.25) is 5.91 Å². The fraction of sp³-hybridized carbons (Fsp3) is 0.737. The van der Waals surface area contributed by atoms with Crippen LogP contribution < -0.4 is 16.0 Å². The zero-order chi connectivity index (χ0) is 19.6. The summed E-state index contributed by atoms with van der Waals surface area (Å²) in [6.07, 6.45) is 2.94. The first-order valence-electron chi connectivity index (χ1n) is 9.93. The van der Waals surface area contributed by atoms with Crippen molar-refractivity contribution in [2.45, 2.75) is 58.5 Å². The second kappa shape index (κ2) is 10.9. The Morgan fingerprint density at radius 1 is 1.37 bits per heavy atom. The summed E-state index contributed by atoms with van der Waals surface area (Å²) in [5.41, 5.74) is 0.963. The third kappa shape index (κ3) is 7.21. The van der Waals surface area contributed by atoms with Gasteiger partial charge in [-0.2, -0.15) is 0 Å². The molecule has 0 saturated carbocycles. The molecule has 2 rings (SSSR count). The molecule has 0 radical (unpaired) electrons. The Morgan fingerprint density at radius 2 is 2.11 bits per heavy atom.